The lowest BCUT2D eigenvalue weighted by atomic mass is 9.85. The van der Waals surface area contributed by atoms with Gasteiger partial charge >= 0.3 is 12.0 Å². The summed E-state index contributed by atoms with van der Waals surface area (Å²) in [7, 11) is 0. The van der Waals surface area contributed by atoms with Crippen LogP contribution in [0, 0.1) is 11.8 Å². The number of hydrogen-bond acceptors (Lipinski definition) is 4. The zero-order valence-corrected chi connectivity index (χ0v) is 9.76. The molecule has 3 atom stereocenters. The predicted octanol–water partition coefficient (Wildman–Crippen LogP) is -0.663. The Morgan fingerprint density at radius 3 is 2.67 bits per heavy atom. The molecule has 0 bridgehead atoms. The number of nitrogens with one attached hydrogen (secondary N) is 2. The van der Waals surface area contributed by atoms with Gasteiger partial charge in [0.05, 0.1) is 18.0 Å². The van der Waals surface area contributed by atoms with Crippen LogP contribution in [0.2, 0.25) is 0 Å². The second kappa shape index (κ2) is 3.94. The summed E-state index contributed by atoms with van der Waals surface area (Å²) in [5.41, 5.74) is 0. The smallest absolute Gasteiger partial charge is 0.325 e. The molecule has 0 aromatic heterocycles. The van der Waals surface area contributed by atoms with Crippen LogP contribution in [0.5, 0.6) is 0 Å². The lowest BCUT2D eigenvalue weighted by Crippen LogP contribution is -2.68. The largest absolute Gasteiger partial charge is 0.481 e. The number of carboxylic acids is 1. The van der Waals surface area contributed by atoms with E-state index < -0.39 is 17.8 Å². The highest BCUT2D eigenvalue weighted by Crippen LogP contribution is 2.35. The first-order valence-corrected chi connectivity index (χ1v) is 6.17. The zero-order valence-electron chi connectivity index (χ0n) is 9.76. The number of urea groups is 1. The van der Waals surface area contributed by atoms with Crippen LogP contribution in [-0.4, -0.2) is 46.7 Å². The molecule has 2 heterocycles. The van der Waals surface area contributed by atoms with Gasteiger partial charge in [-0.15, -0.1) is 0 Å². The Morgan fingerprint density at radius 2 is 2.06 bits per heavy atom. The van der Waals surface area contributed by atoms with Crippen LogP contribution >= 0.6 is 0 Å². The van der Waals surface area contributed by atoms with Crippen LogP contribution in [0.4, 0.5) is 4.79 Å². The third-order valence-corrected chi connectivity index (χ3v) is 3.88. The highest BCUT2D eigenvalue weighted by Gasteiger charge is 2.50. The van der Waals surface area contributed by atoms with E-state index in [4.69, 9.17) is 5.11 Å². The Hall–Kier alpha value is -1.63. The molecule has 0 radical (unpaired) electrons. The molecule has 3 aliphatic rings. The molecule has 3 fully saturated rings. The van der Waals surface area contributed by atoms with Gasteiger partial charge in [-0.25, -0.2) is 4.79 Å². The van der Waals surface area contributed by atoms with Crippen molar-refractivity contribution in [2.24, 2.45) is 11.8 Å². The van der Waals surface area contributed by atoms with Crippen LogP contribution in [0.25, 0.3) is 0 Å². The maximum atomic E-state index is 11.8. The van der Waals surface area contributed by atoms with Gasteiger partial charge in [-0.05, 0) is 19.3 Å². The molecule has 18 heavy (non-hydrogen) atoms. The summed E-state index contributed by atoms with van der Waals surface area (Å²) < 4.78 is 0. The number of nitrogens with zero attached hydrogens (tertiary/aromatic N) is 1. The summed E-state index contributed by atoms with van der Waals surface area (Å²) in [4.78, 5) is 36.2. The molecule has 1 aliphatic carbocycles. The third kappa shape index (κ3) is 1.74. The Morgan fingerprint density at radius 1 is 1.33 bits per heavy atom. The van der Waals surface area contributed by atoms with Crippen molar-refractivity contribution in [1.82, 2.24) is 15.5 Å². The lowest BCUT2D eigenvalue weighted by molar-refractivity contribution is -0.145. The van der Waals surface area contributed by atoms with Crippen LogP contribution in [0.15, 0.2) is 0 Å². The fourth-order valence-corrected chi connectivity index (χ4v) is 2.79. The lowest BCUT2D eigenvalue weighted by Gasteiger charge is -2.44. The highest BCUT2D eigenvalue weighted by atomic mass is 16.4. The first-order chi connectivity index (χ1) is 8.58. The third-order valence-electron chi connectivity index (χ3n) is 3.88. The summed E-state index contributed by atoms with van der Waals surface area (Å²) >= 11 is 0. The normalized spacial score (nSPS) is 36.0. The van der Waals surface area contributed by atoms with Crippen molar-refractivity contribution in [3.05, 3.63) is 0 Å². The van der Waals surface area contributed by atoms with Crippen molar-refractivity contribution < 1.29 is 19.5 Å². The van der Waals surface area contributed by atoms with E-state index in [1.54, 1.807) is 4.90 Å². The second-order valence-electron chi connectivity index (χ2n) is 5.16. The molecule has 3 unspecified atom stereocenters. The monoisotopic (exact) mass is 253 g/mol. The number of fused-ring (bicyclic) bond motifs is 1. The molecule has 7 heteroatoms. The van der Waals surface area contributed by atoms with Crippen molar-refractivity contribution in [3.8, 4) is 0 Å². The minimum atomic E-state index is -0.899. The average Bonchev–Trinajstić information content (AvgIpc) is 3.13. The highest BCUT2D eigenvalue weighted by molar-refractivity contribution is 5.99. The number of carbonyl (C=O) groups excluding carboxylic acids is 2. The quantitative estimate of drug-likeness (QED) is 0.606. The van der Waals surface area contributed by atoms with Gasteiger partial charge in [-0.2, -0.15) is 0 Å². The summed E-state index contributed by atoms with van der Waals surface area (Å²) in [6.07, 6.45) is 1.85. The van der Waals surface area contributed by atoms with Crippen molar-refractivity contribution in [1.29, 1.82) is 0 Å². The number of imide groups is 1. The first-order valence-electron chi connectivity index (χ1n) is 6.17. The molecule has 3 amide bonds. The molecule has 0 spiro atoms. The topological polar surface area (TPSA) is 98.7 Å². The van der Waals surface area contributed by atoms with Crippen LogP contribution in [0.3, 0.4) is 0 Å². The minimum absolute atomic E-state index is 0.194. The van der Waals surface area contributed by atoms with E-state index in [0.717, 1.165) is 12.8 Å². The maximum absolute atomic E-state index is 11.8. The van der Waals surface area contributed by atoms with Gasteiger partial charge in [-0.1, -0.05) is 0 Å². The van der Waals surface area contributed by atoms with Gasteiger partial charge < -0.3 is 10.0 Å². The van der Waals surface area contributed by atoms with Crippen molar-refractivity contribution in [2.75, 3.05) is 6.54 Å². The fourth-order valence-electron chi connectivity index (χ4n) is 2.79. The first kappa shape index (κ1) is 11.5. The molecule has 3 N–H and O–H groups in total. The van der Waals surface area contributed by atoms with E-state index in [1.165, 1.54) is 0 Å². The Labute approximate surface area is 104 Å². The number of rotatable bonds is 2. The fraction of sp³-hybridized carbons (Fsp3) is 0.727. The van der Waals surface area contributed by atoms with Crippen LogP contribution in [0.1, 0.15) is 19.3 Å². The van der Waals surface area contributed by atoms with E-state index in [9.17, 15) is 14.4 Å². The number of amides is 3. The molecule has 0 aromatic carbocycles. The molecule has 2 saturated heterocycles. The molecule has 3 rings (SSSR count). The van der Waals surface area contributed by atoms with Gasteiger partial charge in [0.25, 0.3) is 0 Å². The van der Waals surface area contributed by atoms with Crippen LogP contribution < -0.4 is 10.6 Å². The predicted molar refractivity (Wildman–Crippen MR) is 59.4 cm³/mol. The molecule has 7 nitrogen and oxygen atoms in total. The summed E-state index contributed by atoms with van der Waals surface area (Å²) in [6.45, 7) is 0.306. The van der Waals surface area contributed by atoms with E-state index in [0.29, 0.717) is 6.54 Å². The van der Waals surface area contributed by atoms with Crippen molar-refractivity contribution in [2.45, 2.75) is 31.5 Å². The minimum Gasteiger partial charge on any atom is -0.481 e. The van der Waals surface area contributed by atoms with Gasteiger partial charge in [0, 0.05) is 12.6 Å². The maximum Gasteiger partial charge on any atom is 0.325 e. The Bertz CT molecular complexity index is 421. The SMILES string of the molecule is O=C(O)C1CNC2C(C1)C(=O)NC(=O)N2C1CC1. The molecular weight excluding hydrogens is 238 g/mol. The standard InChI is InChI=1S/C11H15N3O4/c15-9-7-3-5(10(16)17)4-12-8(7)14(6-1-2-6)11(18)13-9/h5-8,12H,1-4H2,(H,16,17)(H,13,15,18). The van der Waals surface area contributed by atoms with Gasteiger partial charge in [0.15, 0.2) is 0 Å². The molecule has 98 valence electrons. The van der Waals surface area contributed by atoms with E-state index >= 15 is 0 Å². The van der Waals surface area contributed by atoms with Gasteiger partial charge in [-0.3, -0.25) is 20.2 Å². The Balaban J connectivity index is 1.81. The Kier molecular flexibility index (Phi) is 2.51. The van der Waals surface area contributed by atoms with Crippen molar-refractivity contribution in [3.63, 3.8) is 0 Å². The summed E-state index contributed by atoms with van der Waals surface area (Å²) in [5, 5.41) is 14.4. The molecule has 1 saturated carbocycles. The van der Waals surface area contributed by atoms with Crippen LogP contribution in [-0.2, 0) is 9.59 Å². The number of aliphatic carboxylic acids is 1. The molecule has 2 aliphatic heterocycles. The van der Waals surface area contributed by atoms with E-state index in [2.05, 4.69) is 10.6 Å². The van der Waals surface area contributed by atoms with E-state index in [-0.39, 0.29) is 30.6 Å². The van der Waals surface area contributed by atoms with Gasteiger partial charge in [0.2, 0.25) is 5.91 Å². The molecule has 0 aromatic rings. The zero-order chi connectivity index (χ0) is 12.9. The number of piperidine rings is 1. The summed E-state index contributed by atoms with van der Waals surface area (Å²) in [6, 6.07) is -0.162. The second-order valence-corrected chi connectivity index (χ2v) is 5.16. The summed E-state index contributed by atoms with van der Waals surface area (Å²) in [5.74, 6) is -2.28. The molecular formula is C11H15N3O4. The average molecular weight is 253 g/mol. The number of carboxylic acid groups (broad SMARTS) is 1. The number of hydrogen-bond donors (Lipinski definition) is 3. The number of carbonyl (C=O) groups is 3. The van der Waals surface area contributed by atoms with Crippen molar-refractivity contribution >= 4 is 17.9 Å². The van der Waals surface area contributed by atoms with E-state index in [1.807, 2.05) is 0 Å². The van der Waals surface area contributed by atoms with Gasteiger partial charge in [0.1, 0.15) is 0 Å².